The molecule has 7 amide bonds. The van der Waals surface area contributed by atoms with Crippen molar-refractivity contribution in [2.45, 2.75) is 148 Å². The van der Waals surface area contributed by atoms with Gasteiger partial charge in [-0.1, -0.05) is 74.5 Å². The molecule has 2 heterocycles. The third kappa shape index (κ3) is 16.9. The van der Waals surface area contributed by atoms with Crippen LogP contribution < -0.4 is 31.9 Å². The number of carbonyl (C=O) groups excluding carboxylic acids is 6. The minimum absolute atomic E-state index is 0.0124. The fourth-order valence-corrected chi connectivity index (χ4v) is 8.28. The SMILES string of the molecule is CNC(=O)N1CCC2(CN(C(=O)[C@@H](CCCCNC(=O)OC(C)(C)C)NC(O)C(CC(C)C)NC(=O)[C@@H](Cc3ccccc3)NC(=O)[C@@H](Cc3ccccc3)NC(=O)OC(C)(C)C)C2)C(F)(F)C1. The van der Waals surface area contributed by atoms with Crippen molar-refractivity contribution in [3.8, 4) is 0 Å². The first kappa shape index (κ1) is 55.0. The summed E-state index contributed by atoms with van der Waals surface area (Å²) < 4.78 is 42.2. The van der Waals surface area contributed by atoms with Crippen LogP contribution in [0.3, 0.4) is 0 Å². The molecule has 0 bridgehead atoms. The molecular formula is C49H74F2N8O9. The molecule has 68 heavy (non-hydrogen) atoms. The lowest BCUT2D eigenvalue weighted by molar-refractivity contribution is -0.219. The highest BCUT2D eigenvalue weighted by Gasteiger charge is 2.64. The number of rotatable bonds is 20. The fraction of sp³-hybridized carbons (Fsp3) is 0.633. The molecule has 4 rings (SSSR count). The molecule has 19 heteroatoms. The highest BCUT2D eigenvalue weighted by Crippen LogP contribution is 2.50. The Morgan fingerprint density at radius 3 is 1.76 bits per heavy atom. The van der Waals surface area contributed by atoms with E-state index in [2.05, 4.69) is 31.9 Å². The van der Waals surface area contributed by atoms with E-state index in [1.165, 1.54) is 11.9 Å². The Hall–Kier alpha value is -5.56. The molecule has 2 aromatic carbocycles. The molecule has 0 aromatic heterocycles. The van der Waals surface area contributed by atoms with Crippen LogP contribution in [-0.4, -0.2) is 138 Å². The van der Waals surface area contributed by atoms with Crippen molar-refractivity contribution in [3.05, 3.63) is 71.8 Å². The van der Waals surface area contributed by atoms with Gasteiger partial charge in [0.15, 0.2) is 0 Å². The average molecular weight is 957 g/mol. The van der Waals surface area contributed by atoms with E-state index < -0.39 is 95.4 Å². The lowest BCUT2D eigenvalue weighted by atomic mass is 9.69. The number of halogens is 2. The molecule has 2 fully saturated rings. The standard InChI is InChI=1S/C49H74F2N8O9/c1-32(2)26-36(55-40(61)37(27-33-18-12-10-13-19-33)56-41(62)38(28-34-20-14-11-15-21-34)57-45(66)68-47(6,7)8)39(60)54-35(22-16-17-24-53-44(65)67-46(3,4)5)42(63)59-29-48(30-59)23-25-58(43(64)52-9)31-49(48,50)51/h10-15,18-21,32,35-39,54,60H,16-17,22-31H2,1-9H3,(H,52,64)(H,53,65)(H,55,61)(H,56,62)(H,57,66)/t35-,36?,37-,38-,39?/m1/s1. The Morgan fingerprint density at radius 1 is 0.721 bits per heavy atom. The molecule has 5 atom stereocenters. The summed E-state index contributed by atoms with van der Waals surface area (Å²) >= 11 is 0. The predicted octanol–water partition coefficient (Wildman–Crippen LogP) is 4.86. The number of benzene rings is 2. The van der Waals surface area contributed by atoms with Gasteiger partial charge in [0.1, 0.15) is 29.5 Å². The van der Waals surface area contributed by atoms with Gasteiger partial charge in [0.2, 0.25) is 17.7 Å². The number of hydrogen-bond acceptors (Lipinski definition) is 10. The predicted molar refractivity (Wildman–Crippen MR) is 252 cm³/mol. The number of nitrogens with zero attached hydrogens (tertiary/aromatic N) is 2. The third-order valence-electron chi connectivity index (χ3n) is 11.7. The van der Waals surface area contributed by atoms with E-state index in [4.69, 9.17) is 9.47 Å². The zero-order chi connectivity index (χ0) is 50.5. The molecule has 2 unspecified atom stereocenters. The Bertz CT molecular complexity index is 1990. The van der Waals surface area contributed by atoms with Gasteiger partial charge < -0.3 is 51.0 Å². The van der Waals surface area contributed by atoms with Crippen molar-refractivity contribution in [1.29, 1.82) is 0 Å². The molecule has 378 valence electrons. The van der Waals surface area contributed by atoms with E-state index in [1.54, 1.807) is 77.9 Å². The van der Waals surface area contributed by atoms with Crippen LogP contribution in [0.5, 0.6) is 0 Å². The van der Waals surface area contributed by atoms with Crippen LogP contribution in [0.1, 0.15) is 98.6 Å². The van der Waals surface area contributed by atoms with Crippen molar-refractivity contribution >= 4 is 35.9 Å². The molecule has 2 saturated heterocycles. The van der Waals surface area contributed by atoms with Crippen LogP contribution in [0.25, 0.3) is 0 Å². The summed E-state index contributed by atoms with van der Waals surface area (Å²) in [4.78, 5) is 82.7. The van der Waals surface area contributed by atoms with Gasteiger partial charge in [-0.3, -0.25) is 19.7 Å². The second kappa shape index (κ2) is 24.1. The summed E-state index contributed by atoms with van der Waals surface area (Å²) in [5, 5.41) is 28.4. The molecule has 0 aliphatic carbocycles. The highest BCUT2D eigenvalue weighted by atomic mass is 19.3. The second-order valence-corrected chi connectivity index (χ2v) is 20.4. The van der Waals surface area contributed by atoms with Crippen molar-refractivity contribution in [2.24, 2.45) is 11.3 Å². The lowest BCUT2D eigenvalue weighted by Gasteiger charge is -2.57. The molecule has 17 nitrogen and oxygen atoms in total. The topological polar surface area (TPSA) is 220 Å². The summed E-state index contributed by atoms with van der Waals surface area (Å²) in [5.41, 5.74) is -1.62. The van der Waals surface area contributed by atoms with E-state index in [0.29, 0.717) is 12.8 Å². The first-order valence-corrected chi connectivity index (χ1v) is 23.5. The smallest absolute Gasteiger partial charge is 0.408 e. The van der Waals surface area contributed by atoms with E-state index in [0.717, 1.165) is 16.0 Å². The third-order valence-corrected chi connectivity index (χ3v) is 11.7. The van der Waals surface area contributed by atoms with Crippen LogP contribution in [0.4, 0.5) is 23.2 Å². The molecule has 2 aliphatic heterocycles. The largest absolute Gasteiger partial charge is 0.444 e. The first-order chi connectivity index (χ1) is 31.8. The van der Waals surface area contributed by atoms with Gasteiger partial charge in [0.25, 0.3) is 5.92 Å². The zero-order valence-corrected chi connectivity index (χ0v) is 41.1. The maximum atomic E-state index is 15.7. The molecule has 0 radical (unpaired) electrons. The van der Waals surface area contributed by atoms with Gasteiger partial charge in [-0.2, -0.15) is 0 Å². The van der Waals surface area contributed by atoms with Crippen LogP contribution in [0.2, 0.25) is 0 Å². The minimum Gasteiger partial charge on any atom is -0.444 e. The van der Waals surface area contributed by atoms with Crippen molar-refractivity contribution in [1.82, 2.24) is 41.7 Å². The number of ether oxygens (including phenoxy) is 2. The molecule has 0 saturated carbocycles. The Labute approximate surface area is 399 Å². The van der Waals surface area contributed by atoms with Gasteiger partial charge >= 0.3 is 18.2 Å². The number of urea groups is 1. The Balaban J connectivity index is 1.55. The maximum absolute atomic E-state index is 15.7. The normalized spacial score (nSPS) is 17.7. The number of piperidine rings is 1. The van der Waals surface area contributed by atoms with Crippen LogP contribution in [0.15, 0.2) is 60.7 Å². The molecular weight excluding hydrogens is 883 g/mol. The monoisotopic (exact) mass is 957 g/mol. The highest BCUT2D eigenvalue weighted by molar-refractivity contribution is 5.92. The quantitative estimate of drug-likeness (QED) is 0.0706. The van der Waals surface area contributed by atoms with Crippen LogP contribution in [-0.2, 0) is 36.7 Å². The number of nitrogens with one attached hydrogen (secondary N) is 6. The molecule has 2 aliphatic rings. The number of amides is 7. The van der Waals surface area contributed by atoms with Crippen LogP contribution in [0, 0.1) is 11.3 Å². The number of aliphatic hydroxyl groups excluding tert-OH is 1. The summed E-state index contributed by atoms with van der Waals surface area (Å²) in [6.45, 7) is 13.1. The number of hydrogen-bond donors (Lipinski definition) is 7. The summed E-state index contributed by atoms with van der Waals surface area (Å²) in [5.74, 6) is -5.17. The fourth-order valence-electron chi connectivity index (χ4n) is 8.28. The minimum atomic E-state index is -3.27. The van der Waals surface area contributed by atoms with E-state index >= 15 is 8.78 Å². The van der Waals surface area contributed by atoms with Gasteiger partial charge in [0, 0.05) is 46.1 Å². The number of carbonyl (C=O) groups is 6. The maximum Gasteiger partial charge on any atom is 0.408 e. The molecule has 7 N–H and O–H groups in total. The number of alkyl carbamates (subject to hydrolysis) is 2. The summed E-state index contributed by atoms with van der Waals surface area (Å²) in [6, 6.07) is 13.0. The van der Waals surface area contributed by atoms with E-state index in [-0.39, 0.29) is 64.2 Å². The first-order valence-electron chi connectivity index (χ1n) is 23.5. The number of alkyl halides is 2. The van der Waals surface area contributed by atoms with Gasteiger partial charge in [0.05, 0.1) is 24.0 Å². The van der Waals surface area contributed by atoms with Crippen molar-refractivity contribution in [2.75, 3.05) is 39.8 Å². The van der Waals surface area contributed by atoms with E-state index in [1.807, 2.05) is 38.1 Å². The number of aliphatic hydroxyl groups is 1. The Morgan fingerprint density at radius 2 is 1.25 bits per heavy atom. The van der Waals surface area contributed by atoms with Gasteiger partial charge in [-0.25, -0.2) is 23.2 Å². The lowest BCUT2D eigenvalue weighted by Crippen LogP contribution is -2.73. The molecule has 1 spiro atoms. The zero-order valence-electron chi connectivity index (χ0n) is 41.1. The number of unbranched alkanes of at least 4 members (excludes halogenated alkanes) is 1. The van der Waals surface area contributed by atoms with Gasteiger partial charge in [-0.15, -0.1) is 0 Å². The Kier molecular flexibility index (Phi) is 19.5. The average Bonchev–Trinajstić information content (AvgIpc) is 3.22. The van der Waals surface area contributed by atoms with Crippen LogP contribution >= 0.6 is 0 Å². The summed E-state index contributed by atoms with van der Waals surface area (Å²) in [7, 11) is 1.37. The van der Waals surface area contributed by atoms with Gasteiger partial charge in [-0.05, 0) is 90.7 Å². The second-order valence-electron chi connectivity index (χ2n) is 20.4. The van der Waals surface area contributed by atoms with Crippen molar-refractivity contribution < 1.29 is 52.1 Å². The van der Waals surface area contributed by atoms with E-state index in [9.17, 15) is 33.9 Å². The van der Waals surface area contributed by atoms with Crippen molar-refractivity contribution in [3.63, 3.8) is 0 Å². The number of likely N-dealkylation sites (tertiary alicyclic amines) is 2. The summed E-state index contributed by atoms with van der Waals surface area (Å²) in [6.07, 6.45) is -1.69. The molecule has 2 aromatic rings.